The summed E-state index contributed by atoms with van der Waals surface area (Å²) in [5, 5.41) is 0.810. The summed E-state index contributed by atoms with van der Waals surface area (Å²) in [5.74, 6) is 0. The van der Waals surface area contributed by atoms with Crippen molar-refractivity contribution in [3.63, 3.8) is 0 Å². The van der Waals surface area contributed by atoms with E-state index < -0.39 is 11.9 Å². The molecular formula is C11H8ClF3N2S. The van der Waals surface area contributed by atoms with Gasteiger partial charge in [0.2, 0.25) is 0 Å². The molecule has 96 valence electrons. The summed E-state index contributed by atoms with van der Waals surface area (Å²) in [7, 11) is 0. The van der Waals surface area contributed by atoms with Gasteiger partial charge in [0.1, 0.15) is 5.01 Å². The lowest BCUT2D eigenvalue weighted by molar-refractivity contribution is -0.141. The highest BCUT2D eigenvalue weighted by Crippen LogP contribution is 2.37. The lowest BCUT2D eigenvalue weighted by Gasteiger charge is -2.03. The van der Waals surface area contributed by atoms with Gasteiger partial charge in [0.25, 0.3) is 0 Å². The van der Waals surface area contributed by atoms with Crippen LogP contribution in [0.2, 0.25) is 5.02 Å². The molecular weight excluding hydrogens is 285 g/mol. The van der Waals surface area contributed by atoms with Crippen LogP contribution in [0.5, 0.6) is 0 Å². The Hall–Kier alpha value is -1.11. The molecule has 2 N–H and O–H groups in total. The Morgan fingerprint density at radius 2 is 1.83 bits per heavy atom. The fourth-order valence-corrected chi connectivity index (χ4v) is 2.52. The zero-order valence-corrected chi connectivity index (χ0v) is 10.5. The lowest BCUT2D eigenvalue weighted by Crippen LogP contribution is -2.10. The summed E-state index contributed by atoms with van der Waals surface area (Å²) < 4.78 is 38.1. The quantitative estimate of drug-likeness (QED) is 0.910. The second-order valence-electron chi connectivity index (χ2n) is 3.50. The van der Waals surface area contributed by atoms with Crippen LogP contribution in [0.15, 0.2) is 24.3 Å². The van der Waals surface area contributed by atoms with Gasteiger partial charge in [-0.1, -0.05) is 23.7 Å². The molecule has 0 radical (unpaired) electrons. The molecule has 2 aromatic rings. The maximum Gasteiger partial charge on any atom is 0.434 e. The molecule has 18 heavy (non-hydrogen) atoms. The van der Waals surface area contributed by atoms with Crippen LogP contribution in [0, 0.1) is 0 Å². The maximum absolute atomic E-state index is 12.7. The van der Waals surface area contributed by atoms with E-state index in [-0.39, 0.29) is 11.4 Å². The van der Waals surface area contributed by atoms with E-state index >= 15 is 0 Å². The summed E-state index contributed by atoms with van der Waals surface area (Å²) in [5.41, 5.74) is 5.00. The molecule has 0 saturated carbocycles. The second kappa shape index (κ2) is 4.87. The number of rotatable bonds is 2. The van der Waals surface area contributed by atoms with E-state index in [2.05, 4.69) is 4.98 Å². The Morgan fingerprint density at radius 3 is 2.28 bits per heavy atom. The first-order chi connectivity index (χ1) is 8.41. The first-order valence-electron chi connectivity index (χ1n) is 4.94. The summed E-state index contributed by atoms with van der Waals surface area (Å²) in [6.45, 7) is -0.180. The summed E-state index contributed by atoms with van der Waals surface area (Å²) in [6.07, 6.45) is -4.48. The van der Waals surface area contributed by atoms with Crippen LogP contribution < -0.4 is 5.73 Å². The predicted molar refractivity (Wildman–Crippen MR) is 65.5 cm³/mol. The SMILES string of the molecule is NCc1sc(-c2ccc(Cl)cc2)nc1C(F)(F)F. The molecule has 0 aliphatic heterocycles. The van der Waals surface area contributed by atoms with Crippen molar-refractivity contribution < 1.29 is 13.2 Å². The maximum atomic E-state index is 12.7. The summed E-state index contributed by atoms with van der Waals surface area (Å²) in [6, 6.07) is 6.46. The standard InChI is InChI=1S/C11H8ClF3N2S/c12-7-3-1-6(2-4-7)10-17-9(11(13,14)15)8(5-16)18-10/h1-4H,5,16H2. The normalized spacial score (nSPS) is 11.8. The van der Waals surface area contributed by atoms with E-state index in [0.717, 1.165) is 11.3 Å². The van der Waals surface area contributed by atoms with Crippen LogP contribution in [0.4, 0.5) is 13.2 Å². The van der Waals surface area contributed by atoms with E-state index in [1.807, 2.05) is 0 Å². The van der Waals surface area contributed by atoms with Crippen LogP contribution >= 0.6 is 22.9 Å². The smallest absolute Gasteiger partial charge is 0.326 e. The molecule has 0 bridgehead atoms. The highest BCUT2D eigenvalue weighted by Gasteiger charge is 2.37. The van der Waals surface area contributed by atoms with Crippen molar-refractivity contribution in [2.45, 2.75) is 12.7 Å². The van der Waals surface area contributed by atoms with Crippen molar-refractivity contribution in [3.8, 4) is 10.6 Å². The molecule has 1 heterocycles. The van der Waals surface area contributed by atoms with Gasteiger partial charge in [-0.2, -0.15) is 13.2 Å². The largest absolute Gasteiger partial charge is 0.434 e. The van der Waals surface area contributed by atoms with Gasteiger partial charge in [-0.05, 0) is 12.1 Å². The molecule has 0 aliphatic rings. The number of hydrogen-bond donors (Lipinski definition) is 1. The van der Waals surface area contributed by atoms with Crippen LogP contribution in [0.1, 0.15) is 10.6 Å². The number of hydrogen-bond acceptors (Lipinski definition) is 3. The van der Waals surface area contributed by atoms with Crippen molar-refractivity contribution >= 4 is 22.9 Å². The molecule has 0 spiro atoms. The van der Waals surface area contributed by atoms with Gasteiger partial charge < -0.3 is 5.73 Å². The van der Waals surface area contributed by atoms with Gasteiger partial charge in [0, 0.05) is 17.1 Å². The van der Waals surface area contributed by atoms with Gasteiger partial charge in [-0.15, -0.1) is 11.3 Å². The topological polar surface area (TPSA) is 38.9 Å². The molecule has 0 fully saturated rings. The third kappa shape index (κ3) is 2.66. The number of aromatic nitrogens is 1. The van der Waals surface area contributed by atoms with Crippen LogP contribution in [0.25, 0.3) is 10.6 Å². The molecule has 1 aromatic carbocycles. The van der Waals surface area contributed by atoms with Crippen LogP contribution in [-0.4, -0.2) is 4.98 Å². The van der Waals surface area contributed by atoms with E-state index in [0.29, 0.717) is 15.6 Å². The van der Waals surface area contributed by atoms with Gasteiger partial charge in [-0.25, -0.2) is 4.98 Å². The zero-order valence-electron chi connectivity index (χ0n) is 8.96. The molecule has 0 saturated heterocycles. The minimum atomic E-state index is -4.48. The monoisotopic (exact) mass is 292 g/mol. The van der Waals surface area contributed by atoms with Gasteiger partial charge in [0.05, 0.1) is 4.88 Å². The second-order valence-corrected chi connectivity index (χ2v) is 5.02. The van der Waals surface area contributed by atoms with E-state index in [9.17, 15) is 13.2 Å². The first-order valence-corrected chi connectivity index (χ1v) is 6.14. The average molecular weight is 293 g/mol. The van der Waals surface area contributed by atoms with Crippen molar-refractivity contribution in [1.82, 2.24) is 4.98 Å². The van der Waals surface area contributed by atoms with Gasteiger partial charge in [0.15, 0.2) is 5.69 Å². The highest BCUT2D eigenvalue weighted by atomic mass is 35.5. The fraction of sp³-hybridized carbons (Fsp3) is 0.182. The predicted octanol–water partition coefficient (Wildman–Crippen LogP) is 3.94. The Balaban J connectivity index is 2.47. The number of thiazole rings is 1. The Bertz CT molecular complexity index is 548. The molecule has 7 heteroatoms. The summed E-state index contributed by atoms with van der Waals surface area (Å²) >= 11 is 6.66. The van der Waals surface area contributed by atoms with E-state index in [1.54, 1.807) is 24.3 Å². The molecule has 0 aliphatic carbocycles. The van der Waals surface area contributed by atoms with Crippen molar-refractivity contribution in [3.05, 3.63) is 39.9 Å². The minimum Gasteiger partial charge on any atom is -0.326 e. The number of alkyl halides is 3. The van der Waals surface area contributed by atoms with Crippen molar-refractivity contribution in [2.24, 2.45) is 5.73 Å². The molecule has 0 unspecified atom stereocenters. The van der Waals surface area contributed by atoms with Gasteiger partial charge >= 0.3 is 6.18 Å². The first kappa shape index (κ1) is 13.3. The number of benzene rings is 1. The Morgan fingerprint density at radius 1 is 1.22 bits per heavy atom. The lowest BCUT2D eigenvalue weighted by atomic mass is 10.2. The Kier molecular flexibility index (Phi) is 3.61. The van der Waals surface area contributed by atoms with E-state index in [1.165, 1.54) is 0 Å². The number of nitrogens with zero attached hydrogens (tertiary/aromatic N) is 1. The molecule has 1 aromatic heterocycles. The number of nitrogens with two attached hydrogens (primary N) is 1. The van der Waals surface area contributed by atoms with Crippen molar-refractivity contribution in [1.29, 1.82) is 0 Å². The van der Waals surface area contributed by atoms with Crippen LogP contribution in [-0.2, 0) is 12.7 Å². The number of halogens is 4. The zero-order chi connectivity index (χ0) is 13.3. The fourth-order valence-electron chi connectivity index (χ4n) is 1.43. The molecule has 2 rings (SSSR count). The third-order valence-corrected chi connectivity index (χ3v) is 3.62. The Labute approximate surface area is 110 Å². The average Bonchev–Trinajstić information content (AvgIpc) is 2.73. The van der Waals surface area contributed by atoms with E-state index in [4.69, 9.17) is 17.3 Å². The summed E-state index contributed by atoms with van der Waals surface area (Å²) in [4.78, 5) is 3.66. The third-order valence-electron chi connectivity index (χ3n) is 2.24. The minimum absolute atomic E-state index is 0.0347. The van der Waals surface area contributed by atoms with Crippen molar-refractivity contribution in [2.75, 3.05) is 0 Å². The molecule has 0 atom stereocenters. The molecule has 2 nitrogen and oxygen atoms in total. The van der Waals surface area contributed by atoms with Crippen LogP contribution in [0.3, 0.4) is 0 Å². The molecule has 0 amide bonds. The highest BCUT2D eigenvalue weighted by molar-refractivity contribution is 7.15. The van der Waals surface area contributed by atoms with Gasteiger partial charge in [-0.3, -0.25) is 0 Å².